The lowest BCUT2D eigenvalue weighted by atomic mass is 10.1. The third kappa shape index (κ3) is 5.32. The number of nitrogens with zero attached hydrogens (tertiary/aromatic N) is 1. The Morgan fingerprint density at radius 1 is 1.06 bits per heavy atom. The van der Waals surface area contributed by atoms with Crippen molar-refractivity contribution in [3.05, 3.63) is 35.9 Å². The summed E-state index contributed by atoms with van der Waals surface area (Å²) in [7, 11) is 0. The van der Waals surface area contributed by atoms with E-state index in [-0.39, 0.29) is 0 Å². The summed E-state index contributed by atoms with van der Waals surface area (Å²) >= 11 is 0. The fourth-order valence-electron chi connectivity index (χ4n) is 1.87. The number of hydrogen-bond acceptors (Lipinski definition) is 1. The van der Waals surface area contributed by atoms with Gasteiger partial charge in [0.15, 0.2) is 0 Å². The smallest absolute Gasteiger partial charge is 0.0233 e. The summed E-state index contributed by atoms with van der Waals surface area (Å²) in [5, 5.41) is 0. The second kappa shape index (κ2) is 7.45. The Morgan fingerprint density at radius 2 is 1.75 bits per heavy atom. The Bertz CT molecular complexity index is 266. The molecule has 0 aliphatic rings. The molecule has 1 rings (SSSR count). The summed E-state index contributed by atoms with van der Waals surface area (Å²) in [5.74, 6) is 0.801. The molecule has 16 heavy (non-hydrogen) atoms. The monoisotopic (exact) mass is 219 g/mol. The normalized spacial score (nSPS) is 11.3. The Kier molecular flexibility index (Phi) is 6.17. The summed E-state index contributed by atoms with van der Waals surface area (Å²) in [6.07, 6.45) is 2.54. The minimum absolute atomic E-state index is 0.801. The lowest BCUT2D eigenvalue weighted by Gasteiger charge is -2.22. The second-order valence-electron chi connectivity index (χ2n) is 4.94. The molecule has 0 spiro atoms. The highest BCUT2D eigenvalue weighted by Gasteiger charge is 2.05. The van der Waals surface area contributed by atoms with E-state index >= 15 is 0 Å². The van der Waals surface area contributed by atoms with E-state index in [0.29, 0.717) is 0 Å². The maximum atomic E-state index is 2.56. The molecule has 1 nitrogen and oxygen atoms in total. The van der Waals surface area contributed by atoms with Crippen molar-refractivity contribution in [1.82, 2.24) is 4.90 Å². The first-order chi connectivity index (χ1) is 7.72. The zero-order valence-corrected chi connectivity index (χ0v) is 10.9. The molecule has 0 amide bonds. The Balaban J connectivity index is 2.44. The van der Waals surface area contributed by atoms with Gasteiger partial charge in [-0.25, -0.2) is 0 Å². The molecule has 0 heterocycles. The first kappa shape index (κ1) is 13.2. The molecule has 0 fully saturated rings. The van der Waals surface area contributed by atoms with Gasteiger partial charge >= 0.3 is 0 Å². The summed E-state index contributed by atoms with van der Waals surface area (Å²) in [5.41, 5.74) is 1.43. The molecule has 0 saturated heterocycles. The van der Waals surface area contributed by atoms with Gasteiger partial charge in [0.25, 0.3) is 0 Å². The highest BCUT2D eigenvalue weighted by molar-refractivity contribution is 5.14. The molecular formula is C15H25N. The van der Waals surface area contributed by atoms with Crippen molar-refractivity contribution in [3.8, 4) is 0 Å². The Morgan fingerprint density at radius 3 is 2.31 bits per heavy atom. The highest BCUT2D eigenvalue weighted by atomic mass is 15.1. The quantitative estimate of drug-likeness (QED) is 0.671. The topological polar surface area (TPSA) is 3.24 Å². The molecule has 0 atom stereocenters. The SMILES string of the molecule is CCCN(CCC(C)C)Cc1ccccc1. The summed E-state index contributed by atoms with van der Waals surface area (Å²) in [4.78, 5) is 2.56. The lowest BCUT2D eigenvalue weighted by molar-refractivity contribution is 0.250. The molecule has 0 aliphatic heterocycles. The van der Waals surface area contributed by atoms with E-state index in [2.05, 4.69) is 56.0 Å². The van der Waals surface area contributed by atoms with Crippen LogP contribution in [0.2, 0.25) is 0 Å². The molecule has 90 valence electrons. The fraction of sp³-hybridized carbons (Fsp3) is 0.600. The molecule has 1 heteroatoms. The van der Waals surface area contributed by atoms with Gasteiger partial charge in [0, 0.05) is 6.54 Å². The maximum absolute atomic E-state index is 2.56. The zero-order valence-electron chi connectivity index (χ0n) is 10.9. The van der Waals surface area contributed by atoms with Crippen molar-refractivity contribution in [2.24, 2.45) is 5.92 Å². The number of benzene rings is 1. The fourth-order valence-corrected chi connectivity index (χ4v) is 1.87. The molecule has 0 N–H and O–H groups in total. The van der Waals surface area contributed by atoms with Gasteiger partial charge in [-0.1, -0.05) is 51.1 Å². The summed E-state index contributed by atoms with van der Waals surface area (Å²) < 4.78 is 0. The second-order valence-corrected chi connectivity index (χ2v) is 4.94. The van der Waals surface area contributed by atoms with Crippen LogP contribution in [0.15, 0.2) is 30.3 Å². The predicted octanol–water partition coefficient (Wildman–Crippen LogP) is 3.94. The molecular weight excluding hydrogens is 194 g/mol. The molecule has 0 saturated carbocycles. The van der Waals surface area contributed by atoms with Crippen LogP contribution in [0.25, 0.3) is 0 Å². The zero-order chi connectivity index (χ0) is 11.8. The largest absolute Gasteiger partial charge is 0.299 e. The van der Waals surface area contributed by atoms with Gasteiger partial charge in [-0.15, -0.1) is 0 Å². The van der Waals surface area contributed by atoms with Crippen molar-refractivity contribution in [2.75, 3.05) is 13.1 Å². The van der Waals surface area contributed by atoms with Crippen LogP contribution in [0.4, 0.5) is 0 Å². The Labute approximate surface area is 100 Å². The van der Waals surface area contributed by atoms with Crippen LogP contribution in [-0.4, -0.2) is 18.0 Å². The van der Waals surface area contributed by atoms with E-state index in [1.165, 1.54) is 31.5 Å². The van der Waals surface area contributed by atoms with Crippen LogP contribution in [0, 0.1) is 5.92 Å². The van der Waals surface area contributed by atoms with Crippen molar-refractivity contribution >= 4 is 0 Å². The van der Waals surface area contributed by atoms with E-state index in [0.717, 1.165) is 12.5 Å². The van der Waals surface area contributed by atoms with Gasteiger partial charge in [0.1, 0.15) is 0 Å². The summed E-state index contributed by atoms with van der Waals surface area (Å²) in [6, 6.07) is 10.8. The molecule has 0 bridgehead atoms. The summed E-state index contributed by atoms with van der Waals surface area (Å²) in [6.45, 7) is 10.4. The maximum Gasteiger partial charge on any atom is 0.0233 e. The predicted molar refractivity (Wildman–Crippen MR) is 71.5 cm³/mol. The van der Waals surface area contributed by atoms with Gasteiger partial charge in [-0.05, 0) is 37.4 Å². The standard InChI is InChI=1S/C15H25N/c1-4-11-16(12-10-14(2)3)13-15-8-6-5-7-9-15/h5-9,14H,4,10-13H2,1-3H3. The number of hydrogen-bond donors (Lipinski definition) is 0. The van der Waals surface area contributed by atoms with Crippen molar-refractivity contribution in [3.63, 3.8) is 0 Å². The van der Waals surface area contributed by atoms with Gasteiger partial charge in [-0.3, -0.25) is 4.90 Å². The number of rotatable bonds is 7. The van der Waals surface area contributed by atoms with Crippen molar-refractivity contribution in [2.45, 2.75) is 40.2 Å². The van der Waals surface area contributed by atoms with E-state index in [1.807, 2.05) is 0 Å². The lowest BCUT2D eigenvalue weighted by Crippen LogP contribution is -2.26. The van der Waals surface area contributed by atoms with Crippen molar-refractivity contribution < 1.29 is 0 Å². The average molecular weight is 219 g/mol. The van der Waals surface area contributed by atoms with Crippen LogP contribution in [0.1, 0.15) is 39.2 Å². The molecule has 1 aromatic carbocycles. The van der Waals surface area contributed by atoms with Crippen LogP contribution in [-0.2, 0) is 6.54 Å². The van der Waals surface area contributed by atoms with Gasteiger partial charge < -0.3 is 0 Å². The third-order valence-electron chi connectivity index (χ3n) is 2.81. The van der Waals surface area contributed by atoms with Gasteiger partial charge in [0.2, 0.25) is 0 Å². The molecule has 1 aromatic rings. The molecule has 0 aromatic heterocycles. The minimum atomic E-state index is 0.801. The minimum Gasteiger partial charge on any atom is -0.299 e. The van der Waals surface area contributed by atoms with Gasteiger partial charge in [0.05, 0.1) is 0 Å². The molecule has 0 radical (unpaired) electrons. The first-order valence-corrected chi connectivity index (χ1v) is 6.48. The van der Waals surface area contributed by atoms with Crippen molar-refractivity contribution in [1.29, 1.82) is 0 Å². The van der Waals surface area contributed by atoms with E-state index in [4.69, 9.17) is 0 Å². The third-order valence-corrected chi connectivity index (χ3v) is 2.81. The van der Waals surface area contributed by atoms with Crippen LogP contribution in [0.5, 0.6) is 0 Å². The molecule has 0 aliphatic carbocycles. The Hall–Kier alpha value is -0.820. The average Bonchev–Trinajstić information content (AvgIpc) is 2.27. The van der Waals surface area contributed by atoms with Crippen LogP contribution < -0.4 is 0 Å². The highest BCUT2D eigenvalue weighted by Crippen LogP contribution is 2.08. The first-order valence-electron chi connectivity index (χ1n) is 6.48. The van der Waals surface area contributed by atoms with Crippen LogP contribution in [0.3, 0.4) is 0 Å². The van der Waals surface area contributed by atoms with E-state index in [9.17, 15) is 0 Å². The van der Waals surface area contributed by atoms with Gasteiger partial charge in [-0.2, -0.15) is 0 Å². The van der Waals surface area contributed by atoms with E-state index < -0.39 is 0 Å². The van der Waals surface area contributed by atoms with Crippen LogP contribution >= 0.6 is 0 Å². The molecule has 0 unspecified atom stereocenters. The van der Waals surface area contributed by atoms with E-state index in [1.54, 1.807) is 0 Å².